The maximum absolute atomic E-state index is 14.6. The number of carbonyl (C=O) groups excluding carboxylic acids is 3. The number of hydrogen-bond acceptors (Lipinski definition) is 6. The number of halogens is 1. The van der Waals surface area contributed by atoms with Gasteiger partial charge in [-0.3, -0.25) is 4.79 Å². The molecule has 0 bridgehead atoms. The van der Waals surface area contributed by atoms with Crippen LogP contribution < -0.4 is 26.3 Å². The Morgan fingerprint density at radius 2 is 1.34 bits per heavy atom. The number of aromatic amines is 1. The van der Waals surface area contributed by atoms with Gasteiger partial charge in [0.2, 0.25) is 0 Å². The third-order valence-electron chi connectivity index (χ3n) is 10.8. The topological polar surface area (TPSA) is 131 Å². The highest BCUT2D eigenvalue weighted by molar-refractivity contribution is 6.99. The molecule has 1 aliphatic rings. The molecule has 0 saturated heterocycles. The molecule has 1 aromatic heterocycles. The standard InChI is InChI=1S/C47H65FN4O6Si/c1-45(2,3)57-43(54)50-29-32(31-56-59(47(7,8)9,36-21-15-11-16-22-36)37-23-17-12-18-24-37)27-35(51-44(55)58-46(4,5)6)30-49-42(53)41-40(33-19-13-10-14-20-33)38-28-34(48)25-26-39(38)52-41/h11-12,15-18,21-26,28,32-33,35,52H,10,13-14,19-20,27,29-31H2,1-9H3,(H,49,53)(H,50,54)(H,51,55)/t32?,35-/m1/s1. The van der Waals surface area contributed by atoms with Crippen LogP contribution in [0.25, 0.3) is 10.9 Å². The van der Waals surface area contributed by atoms with E-state index in [0.29, 0.717) is 17.6 Å². The molecule has 3 amide bonds. The van der Waals surface area contributed by atoms with E-state index in [1.165, 1.54) is 12.1 Å². The van der Waals surface area contributed by atoms with Gasteiger partial charge in [-0.1, -0.05) is 101 Å². The van der Waals surface area contributed by atoms with Gasteiger partial charge in [-0.05, 0) is 106 Å². The van der Waals surface area contributed by atoms with Crippen molar-refractivity contribution >= 4 is 47.7 Å². The van der Waals surface area contributed by atoms with Gasteiger partial charge in [0.05, 0.1) is 0 Å². The number of alkyl carbamates (subject to hydrolysis) is 2. The monoisotopic (exact) mass is 828 g/mol. The normalized spacial score (nSPS) is 15.3. The number of amides is 3. The molecule has 59 heavy (non-hydrogen) atoms. The molecule has 10 nitrogen and oxygen atoms in total. The second-order valence-electron chi connectivity index (χ2n) is 19.0. The summed E-state index contributed by atoms with van der Waals surface area (Å²) in [5.41, 5.74) is 0.477. The molecular formula is C47H65FN4O6Si. The summed E-state index contributed by atoms with van der Waals surface area (Å²) in [6.45, 7) is 17.9. The van der Waals surface area contributed by atoms with E-state index >= 15 is 0 Å². The number of aromatic nitrogens is 1. The van der Waals surface area contributed by atoms with Crippen LogP contribution in [0.15, 0.2) is 78.9 Å². The van der Waals surface area contributed by atoms with Gasteiger partial charge in [-0.15, -0.1) is 0 Å². The molecular weight excluding hydrogens is 764 g/mol. The molecule has 4 aromatic rings. The first kappa shape index (κ1) is 45.4. The largest absolute Gasteiger partial charge is 0.444 e. The van der Waals surface area contributed by atoms with Gasteiger partial charge in [0.15, 0.2) is 0 Å². The van der Waals surface area contributed by atoms with Gasteiger partial charge in [-0.25, -0.2) is 14.0 Å². The van der Waals surface area contributed by atoms with E-state index in [-0.39, 0.29) is 48.3 Å². The number of ether oxygens (including phenoxy) is 2. The number of benzene rings is 3. The number of H-pyrrole nitrogens is 1. The Bertz CT molecular complexity index is 1970. The fourth-order valence-corrected chi connectivity index (χ4v) is 13.0. The first-order valence-electron chi connectivity index (χ1n) is 21.1. The highest BCUT2D eigenvalue weighted by Gasteiger charge is 2.50. The van der Waals surface area contributed by atoms with Crippen molar-refractivity contribution in [1.82, 2.24) is 20.9 Å². The molecule has 320 valence electrons. The highest BCUT2D eigenvalue weighted by Crippen LogP contribution is 2.40. The zero-order valence-electron chi connectivity index (χ0n) is 36.4. The van der Waals surface area contributed by atoms with Crippen molar-refractivity contribution in [3.05, 3.63) is 95.9 Å². The van der Waals surface area contributed by atoms with Crippen LogP contribution in [0.5, 0.6) is 0 Å². The van der Waals surface area contributed by atoms with Crippen molar-refractivity contribution < 1.29 is 32.7 Å². The highest BCUT2D eigenvalue weighted by atomic mass is 28.4. The minimum atomic E-state index is -3.00. The molecule has 12 heteroatoms. The maximum atomic E-state index is 14.6. The second kappa shape index (κ2) is 19.1. The first-order chi connectivity index (χ1) is 27.8. The minimum absolute atomic E-state index is 0.0497. The predicted molar refractivity (Wildman–Crippen MR) is 235 cm³/mol. The molecule has 0 radical (unpaired) electrons. The van der Waals surface area contributed by atoms with Crippen LogP contribution in [0, 0.1) is 11.7 Å². The Hall–Kier alpha value is -4.68. The van der Waals surface area contributed by atoms with E-state index in [9.17, 15) is 18.8 Å². The lowest BCUT2D eigenvalue weighted by Crippen LogP contribution is -2.67. The molecule has 1 heterocycles. The summed E-state index contributed by atoms with van der Waals surface area (Å²) in [6, 6.07) is 24.6. The third-order valence-corrected chi connectivity index (χ3v) is 15.8. The van der Waals surface area contributed by atoms with E-state index in [2.05, 4.69) is 66.0 Å². The van der Waals surface area contributed by atoms with Crippen molar-refractivity contribution in [2.45, 2.75) is 129 Å². The molecule has 0 aliphatic heterocycles. The Morgan fingerprint density at radius 3 is 1.90 bits per heavy atom. The molecule has 0 spiro atoms. The van der Waals surface area contributed by atoms with Gasteiger partial charge in [0, 0.05) is 42.6 Å². The molecule has 3 aromatic carbocycles. The van der Waals surface area contributed by atoms with Gasteiger partial charge in [-0.2, -0.15) is 0 Å². The van der Waals surface area contributed by atoms with Crippen molar-refractivity contribution in [1.29, 1.82) is 0 Å². The van der Waals surface area contributed by atoms with Gasteiger partial charge in [0.1, 0.15) is 22.7 Å². The van der Waals surface area contributed by atoms with Gasteiger partial charge >= 0.3 is 12.2 Å². The summed E-state index contributed by atoms with van der Waals surface area (Å²) in [5, 5.41) is 11.7. The average molecular weight is 829 g/mol. The number of rotatable bonds is 14. The fraction of sp³-hybridized carbons (Fsp3) is 0.511. The predicted octanol–water partition coefficient (Wildman–Crippen LogP) is 9.09. The number of hydrogen-bond donors (Lipinski definition) is 4. The summed E-state index contributed by atoms with van der Waals surface area (Å²) >= 11 is 0. The van der Waals surface area contributed by atoms with Crippen LogP contribution in [-0.4, -0.2) is 68.3 Å². The quantitative estimate of drug-likeness (QED) is 0.0939. The summed E-state index contributed by atoms with van der Waals surface area (Å²) < 4.78 is 33.3. The molecule has 4 N–H and O–H groups in total. The van der Waals surface area contributed by atoms with Crippen molar-refractivity contribution in [3.8, 4) is 0 Å². The third kappa shape index (κ3) is 12.2. The molecule has 1 fully saturated rings. The van der Waals surface area contributed by atoms with E-state index in [4.69, 9.17) is 13.9 Å². The zero-order valence-corrected chi connectivity index (χ0v) is 37.4. The van der Waals surface area contributed by atoms with Crippen LogP contribution in [0.2, 0.25) is 5.04 Å². The van der Waals surface area contributed by atoms with Crippen molar-refractivity contribution in [2.75, 3.05) is 19.7 Å². The maximum Gasteiger partial charge on any atom is 0.407 e. The zero-order chi connectivity index (χ0) is 43.0. The van der Waals surface area contributed by atoms with Crippen molar-refractivity contribution in [3.63, 3.8) is 0 Å². The Morgan fingerprint density at radius 1 is 0.763 bits per heavy atom. The molecule has 1 unspecified atom stereocenters. The SMILES string of the molecule is CC(C)(C)OC(=O)NCC(CO[Si](c1ccccc1)(c1ccccc1)C(C)(C)C)C[C@H](CNC(=O)c1[nH]c2ccc(F)cc2c1C1CCCCC1)NC(=O)OC(C)(C)C. The second-order valence-corrected chi connectivity index (χ2v) is 23.3. The van der Waals surface area contributed by atoms with Crippen LogP contribution in [0.3, 0.4) is 0 Å². The van der Waals surface area contributed by atoms with E-state index < -0.39 is 37.7 Å². The molecule has 2 atom stereocenters. The van der Waals surface area contributed by atoms with Gasteiger partial charge < -0.3 is 34.8 Å². The van der Waals surface area contributed by atoms with Crippen LogP contribution in [0.1, 0.15) is 123 Å². The molecule has 5 rings (SSSR count). The van der Waals surface area contributed by atoms with Crippen LogP contribution in [0.4, 0.5) is 14.0 Å². The van der Waals surface area contributed by atoms with E-state index in [0.717, 1.165) is 53.4 Å². The molecule has 1 aliphatic carbocycles. The number of fused-ring (bicyclic) bond motifs is 1. The van der Waals surface area contributed by atoms with E-state index in [1.807, 2.05) is 57.2 Å². The summed E-state index contributed by atoms with van der Waals surface area (Å²) in [5.74, 6) is -0.925. The minimum Gasteiger partial charge on any atom is -0.444 e. The summed E-state index contributed by atoms with van der Waals surface area (Å²) in [6.07, 6.45) is 4.18. The summed E-state index contributed by atoms with van der Waals surface area (Å²) in [4.78, 5) is 44.0. The number of nitrogens with one attached hydrogen (secondary N) is 4. The van der Waals surface area contributed by atoms with Crippen LogP contribution in [-0.2, 0) is 13.9 Å². The molecule has 1 saturated carbocycles. The Kier molecular flexibility index (Phi) is 14.7. The van der Waals surface area contributed by atoms with Crippen LogP contribution >= 0.6 is 0 Å². The average Bonchev–Trinajstić information content (AvgIpc) is 3.54. The van der Waals surface area contributed by atoms with Gasteiger partial charge in [0.25, 0.3) is 14.2 Å². The number of carbonyl (C=O) groups is 3. The Labute approximate surface area is 350 Å². The lowest BCUT2D eigenvalue weighted by atomic mass is 9.82. The first-order valence-corrected chi connectivity index (χ1v) is 23.0. The fourth-order valence-electron chi connectivity index (χ4n) is 8.31. The smallest absolute Gasteiger partial charge is 0.407 e. The Balaban J connectivity index is 1.48. The van der Waals surface area contributed by atoms with E-state index in [1.54, 1.807) is 26.8 Å². The van der Waals surface area contributed by atoms with Crippen molar-refractivity contribution in [2.24, 2.45) is 5.92 Å². The lowest BCUT2D eigenvalue weighted by Gasteiger charge is -2.44. The lowest BCUT2D eigenvalue weighted by molar-refractivity contribution is 0.0467. The summed E-state index contributed by atoms with van der Waals surface area (Å²) in [7, 11) is -3.00.